The average Bonchev–Trinajstić information content (AvgIpc) is 2.75. The minimum Gasteiger partial charge on any atom is -0.338 e. The monoisotopic (exact) mass is 441 g/mol. The van der Waals surface area contributed by atoms with E-state index in [4.69, 9.17) is 21.6 Å². The van der Waals surface area contributed by atoms with Crippen molar-refractivity contribution in [2.45, 2.75) is 23.8 Å². The predicted octanol–water partition coefficient (Wildman–Crippen LogP) is 7.95. The summed E-state index contributed by atoms with van der Waals surface area (Å²) in [6, 6.07) is 26.6. The van der Waals surface area contributed by atoms with Crippen molar-refractivity contribution in [3.8, 4) is 0 Å². The Hall–Kier alpha value is -3.08. The van der Waals surface area contributed by atoms with Gasteiger partial charge in [0, 0.05) is 15.6 Å². The van der Waals surface area contributed by atoms with Gasteiger partial charge in [-0.3, -0.25) is 0 Å². The van der Waals surface area contributed by atoms with Gasteiger partial charge < -0.3 is 5.32 Å². The Morgan fingerprint density at radius 3 is 2.23 bits per heavy atom. The van der Waals surface area contributed by atoms with Crippen LogP contribution in [-0.2, 0) is 0 Å². The molecule has 5 heteroatoms. The summed E-state index contributed by atoms with van der Waals surface area (Å²) < 4.78 is 0. The van der Waals surface area contributed by atoms with E-state index >= 15 is 0 Å². The number of hydrogen-bond donors (Lipinski definition) is 1. The van der Waals surface area contributed by atoms with Crippen molar-refractivity contribution in [3.05, 3.63) is 95.0 Å². The molecule has 0 fully saturated rings. The van der Waals surface area contributed by atoms with Crippen LogP contribution >= 0.6 is 23.4 Å². The summed E-state index contributed by atoms with van der Waals surface area (Å²) in [5.74, 6) is 0.718. The highest BCUT2D eigenvalue weighted by molar-refractivity contribution is 7.99. The van der Waals surface area contributed by atoms with Gasteiger partial charge in [-0.15, -0.1) is 0 Å². The van der Waals surface area contributed by atoms with Gasteiger partial charge in [-0.2, -0.15) is 0 Å². The normalized spacial score (nSPS) is 11.2. The number of hydrogen-bond acceptors (Lipinski definition) is 4. The van der Waals surface area contributed by atoms with Gasteiger partial charge in [-0.05, 0) is 66.6 Å². The summed E-state index contributed by atoms with van der Waals surface area (Å²) >= 11 is 7.82. The Morgan fingerprint density at radius 2 is 1.52 bits per heavy atom. The Balaban J connectivity index is 1.66. The quantitative estimate of drug-likeness (QED) is 0.287. The second kappa shape index (κ2) is 8.22. The van der Waals surface area contributed by atoms with Crippen molar-refractivity contribution < 1.29 is 0 Å². The maximum absolute atomic E-state index is 6.20. The molecule has 0 saturated carbocycles. The van der Waals surface area contributed by atoms with Gasteiger partial charge in [0.1, 0.15) is 5.03 Å². The lowest BCUT2D eigenvalue weighted by Gasteiger charge is -2.13. The molecular weight excluding hydrogens is 422 g/mol. The molecule has 0 aliphatic heterocycles. The molecule has 0 amide bonds. The maximum Gasteiger partial charge on any atom is 0.164 e. The molecule has 0 bridgehead atoms. The van der Waals surface area contributed by atoms with E-state index in [1.807, 2.05) is 36.4 Å². The van der Waals surface area contributed by atoms with Gasteiger partial charge >= 0.3 is 0 Å². The summed E-state index contributed by atoms with van der Waals surface area (Å²) in [5.41, 5.74) is 5.08. The Bertz CT molecular complexity index is 1430. The van der Waals surface area contributed by atoms with E-state index in [1.54, 1.807) is 11.8 Å². The van der Waals surface area contributed by atoms with Crippen LogP contribution in [0.5, 0.6) is 0 Å². The van der Waals surface area contributed by atoms with Crippen LogP contribution in [-0.4, -0.2) is 9.97 Å². The molecule has 0 unspecified atom stereocenters. The fourth-order valence-corrected chi connectivity index (χ4v) is 4.69. The molecule has 0 radical (unpaired) electrons. The topological polar surface area (TPSA) is 37.8 Å². The van der Waals surface area contributed by atoms with Crippen LogP contribution in [0.3, 0.4) is 0 Å². The van der Waals surface area contributed by atoms with Crippen molar-refractivity contribution in [2.75, 3.05) is 5.32 Å². The third kappa shape index (κ3) is 4.22. The molecule has 1 heterocycles. The molecule has 0 saturated heterocycles. The van der Waals surface area contributed by atoms with E-state index in [2.05, 4.69) is 61.6 Å². The van der Waals surface area contributed by atoms with E-state index < -0.39 is 0 Å². The third-order valence-electron chi connectivity index (χ3n) is 5.12. The van der Waals surface area contributed by atoms with Gasteiger partial charge in [0.05, 0.1) is 11.0 Å². The van der Waals surface area contributed by atoms with Crippen LogP contribution in [0, 0.1) is 13.8 Å². The number of aryl methyl sites for hydroxylation is 2. The van der Waals surface area contributed by atoms with E-state index in [1.165, 1.54) is 11.1 Å². The van der Waals surface area contributed by atoms with Gasteiger partial charge in [-0.1, -0.05) is 71.4 Å². The van der Waals surface area contributed by atoms with Crippen LogP contribution in [0.1, 0.15) is 11.1 Å². The molecule has 5 aromatic rings. The number of benzene rings is 4. The summed E-state index contributed by atoms with van der Waals surface area (Å²) in [6.07, 6.45) is 0. The lowest BCUT2D eigenvalue weighted by molar-refractivity contribution is 1.12. The fourth-order valence-electron chi connectivity index (χ4n) is 3.60. The van der Waals surface area contributed by atoms with E-state index in [-0.39, 0.29) is 0 Å². The number of nitrogens with zero attached hydrogens (tertiary/aromatic N) is 2. The molecule has 0 spiro atoms. The highest BCUT2D eigenvalue weighted by Gasteiger charge is 2.13. The second-order valence-corrected chi connectivity index (χ2v) is 9.04. The fraction of sp³-hybridized carbons (Fsp3) is 0.0769. The first kappa shape index (κ1) is 19.9. The number of nitrogens with one attached hydrogen (secondary N) is 1. The first-order valence-electron chi connectivity index (χ1n) is 10.0. The molecule has 1 N–H and O–H groups in total. The molecular formula is C26H20ClN3S. The van der Waals surface area contributed by atoms with Gasteiger partial charge in [0.2, 0.25) is 0 Å². The van der Waals surface area contributed by atoms with Crippen LogP contribution in [0.15, 0.2) is 88.8 Å². The molecule has 31 heavy (non-hydrogen) atoms. The summed E-state index contributed by atoms with van der Waals surface area (Å²) in [7, 11) is 0. The Kier molecular flexibility index (Phi) is 5.26. The second-order valence-electron chi connectivity index (χ2n) is 7.57. The first-order chi connectivity index (χ1) is 15.0. The number of fused-ring (bicyclic) bond motifs is 2. The zero-order valence-electron chi connectivity index (χ0n) is 17.2. The minimum absolute atomic E-state index is 0.674. The highest BCUT2D eigenvalue weighted by atomic mass is 35.5. The third-order valence-corrected chi connectivity index (χ3v) is 6.52. The zero-order chi connectivity index (χ0) is 21.4. The minimum atomic E-state index is 0.674. The molecule has 5 rings (SSSR count). The van der Waals surface area contributed by atoms with Crippen molar-refractivity contribution in [2.24, 2.45) is 0 Å². The highest BCUT2D eigenvalue weighted by Crippen LogP contribution is 2.36. The molecule has 1 aromatic heterocycles. The Morgan fingerprint density at radius 1 is 0.774 bits per heavy atom. The van der Waals surface area contributed by atoms with E-state index in [0.29, 0.717) is 5.02 Å². The summed E-state index contributed by atoms with van der Waals surface area (Å²) in [4.78, 5) is 11.1. The molecule has 0 aliphatic carbocycles. The van der Waals surface area contributed by atoms with Crippen molar-refractivity contribution in [1.29, 1.82) is 0 Å². The molecule has 4 aromatic carbocycles. The smallest absolute Gasteiger partial charge is 0.164 e. The Labute approximate surface area is 190 Å². The molecule has 152 valence electrons. The largest absolute Gasteiger partial charge is 0.338 e. The van der Waals surface area contributed by atoms with Gasteiger partial charge in [0.25, 0.3) is 0 Å². The van der Waals surface area contributed by atoms with Gasteiger partial charge in [0.15, 0.2) is 5.82 Å². The van der Waals surface area contributed by atoms with E-state index in [9.17, 15) is 0 Å². The molecule has 0 atom stereocenters. The lowest BCUT2D eigenvalue weighted by atomic mass is 10.1. The van der Waals surface area contributed by atoms with Crippen LogP contribution < -0.4 is 5.32 Å². The number of aromatic nitrogens is 2. The van der Waals surface area contributed by atoms with E-state index in [0.717, 1.165) is 43.2 Å². The van der Waals surface area contributed by atoms with Crippen molar-refractivity contribution in [3.63, 3.8) is 0 Å². The van der Waals surface area contributed by atoms with Gasteiger partial charge in [-0.25, -0.2) is 9.97 Å². The number of halogens is 1. The molecule has 0 aliphatic rings. The maximum atomic E-state index is 6.20. The van der Waals surface area contributed by atoms with Crippen molar-refractivity contribution >= 4 is 56.7 Å². The zero-order valence-corrected chi connectivity index (χ0v) is 18.8. The van der Waals surface area contributed by atoms with Crippen LogP contribution in [0.4, 0.5) is 11.5 Å². The predicted molar refractivity (Wildman–Crippen MR) is 132 cm³/mol. The van der Waals surface area contributed by atoms with Crippen molar-refractivity contribution in [1.82, 2.24) is 9.97 Å². The number of anilines is 2. The first-order valence-corrected chi connectivity index (χ1v) is 11.2. The molecule has 3 nitrogen and oxygen atoms in total. The lowest BCUT2D eigenvalue weighted by Crippen LogP contribution is -2.00. The summed E-state index contributed by atoms with van der Waals surface area (Å²) in [5, 5.41) is 7.23. The average molecular weight is 442 g/mol. The number of rotatable bonds is 4. The standard InChI is InChI=1S/C26H20ClN3S/c1-16-10-11-24(17(2)12-16)31-26-25(28-21-9-5-8-20(27)15-21)29-22-13-18-6-3-4-7-19(18)14-23(22)30-26/h3-15H,1-2H3,(H,28,29). The SMILES string of the molecule is Cc1ccc(Sc2nc3cc4ccccc4cc3nc2Nc2cccc(Cl)c2)c(C)c1. The summed E-state index contributed by atoms with van der Waals surface area (Å²) in [6.45, 7) is 4.23. The van der Waals surface area contributed by atoms with Crippen LogP contribution in [0.25, 0.3) is 21.8 Å². The van der Waals surface area contributed by atoms with Crippen LogP contribution in [0.2, 0.25) is 5.02 Å².